The number of ether oxygens (including phenoxy) is 1. The summed E-state index contributed by atoms with van der Waals surface area (Å²) in [6.45, 7) is 0.547. The van der Waals surface area contributed by atoms with E-state index in [1.54, 1.807) is 7.11 Å². The van der Waals surface area contributed by atoms with E-state index < -0.39 is 0 Å². The minimum Gasteiger partial charge on any atom is -0.497 e. The van der Waals surface area contributed by atoms with E-state index in [0.29, 0.717) is 12.3 Å². The predicted octanol–water partition coefficient (Wildman–Crippen LogP) is 3.17. The molecule has 1 N–H and O–H groups in total. The highest BCUT2D eigenvalue weighted by Crippen LogP contribution is 2.22. The van der Waals surface area contributed by atoms with Gasteiger partial charge in [-0.15, -0.1) is 11.8 Å². The SMILES string of the molecule is COc1cccc(SCC(=O)NCc2ccc(N(C)C)cc2)c1. The molecule has 0 saturated heterocycles. The molecule has 1 amide bonds. The quantitative estimate of drug-likeness (QED) is 0.792. The van der Waals surface area contributed by atoms with Crippen LogP contribution in [0, 0.1) is 0 Å². The van der Waals surface area contributed by atoms with Crippen molar-refractivity contribution in [2.75, 3.05) is 31.9 Å². The lowest BCUT2D eigenvalue weighted by Gasteiger charge is -2.13. The van der Waals surface area contributed by atoms with Crippen LogP contribution in [0.1, 0.15) is 5.56 Å². The highest BCUT2D eigenvalue weighted by Gasteiger charge is 2.04. The Labute approximate surface area is 141 Å². The number of carbonyl (C=O) groups excluding carboxylic acids is 1. The van der Waals surface area contributed by atoms with E-state index in [1.807, 2.05) is 67.5 Å². The van der Waals surface area contributed by atoms with Crippen LogP contribution in [0.3, 0.4) is 0 Å². The molecule has 0 aliphatic carbocycles. The summed E-state index contributed by atoms with van der Waals surface area (Å²) in [5, 5.41) is 2.94. The monoisotopic (exact) mass is 330 g/mol. The number of nitrogens with one attached hydrogen (secondary N) is 1. The van der Waals surface area contributed by atoms with Gasteiger partial charge in [0.1, 0.15) is 5.75 Å². The van der Waals surface area contributed by atoms with Gasteiger partial charge in [-0.2, -0.15) is 0 Å². The summed E-state index contributed by atoms with van der Waals surface area (Å²) in [7, 11) is 5.65. The van der Waals surface area contributed by atoms with Crippen molar-refractivity contribution in [3.05, 3.63) is 54.1 Å². The van der Waals surface area contributed by atoms with Crippen LogP contribution < -0.4 is 15.0 Å². The highest BCUT2D eigenvalue weighted by atomic mass is 32.2. The standard InChI is InChI=1S/C18H22N2O2S/c1-20(2)15-9-7-14(8-10-15)12-19-18(21)13-23-17-6-4-5-16(11-17)22-3/h4-11H,12-13H2,1-3H3,(H,19,21). The summed E-state index contributed by atoms with van der Waals surface area (Å²) in [6, 6.07) is 15.9. The molecule has 122 valence electrons. The minimum atomic E-state index is 0.0227. The van der Waals surface area contributed by atoms with Gasteiger partial charge in [0, 0.05) is 31.2 Å². The Balaban J connectivity index is 1.78. The Kier molecular flexibility index (Phi) is 6.35. The molecule has 4 nitrogen and oxygen atoms in total. The molecule has 0 spiro atoms. The van der Waals surface area contributed by atoms with Crippen LogP contribution in [0.25, 0.3) is 0 Å². The maximum Gasteiger partial charge on any atom is 0.230 e. The number of hydrogen-bond acceptors (Lipinski definition) is 4. The predicted molar refractivity (Wildman–Crippen MR) is 96.3 cm³/mol. The molecule has 0 heterocycles. The van der Waals surface area contributed by atoms with Gasteiger partial charge in [0.2, 0.25) is 5.91 Å². The zero-order valence-corrected chi connectivity index (χ0v) is 14.5. The largest absolute Gasteiger partial charge is 0.497 e. The number of hydrogen-bond donors (Lipinski definition) is 1. The van der Waals surface area contributed by atoms with Crippen LogP contribution in [0.2, 0.25) is 0 Å². The molecule has 0 aliphatic rings. The van der Waals surface area contributed by atoms with Crippen LogP contribution >= 0.6 is 11.8 Å². The molecule has 0 saturated carbocycles. The summed E-state index contributed by atoms with van der Waals surface area (Å²) >= 11 is 1.50. The molecule has 0 aromatic heterocycles. The molecular formula is C18H22N2O2S. The zero-order valence-electron chi connectivity index (χ0n) is 13.7. The van der Waals surface area contributed by atoms with Crippen LogP contribution in [-0.4, -0.2) is 32.9 Å². The minimum absolute atomic E-state index is 0.0227. The van der Waals surface area contributed by atoms with Crippen molar-refractivity contribution >= 4 is 23.4 Å². The third kappa shape index (κ3) is 5.53. The van der Waals surface area contributed by atoms with Gasteiger partial charge in [-0.3, -0.25) is 4.79 Å². The fourth-order valence-corrected chi connectivity index (χ4v) is 2.78. The van der Waals surface area contributed by atoms with Gasteiger partial charge in [-0.05, 0) is 35.9 Å². The van der Waals surface area contributed by atoms with E-state index in [0.717, 1.165) is 21.9 Å². The van der Waals surface area contributed by atoms with Crippen molar-refractivity contribution < 1.29 is 9.53 Å². The van der Waals surface area contributed by atoms with Crippen molar-refractivity contribution in [1.82, 2.24) is 5.32 Å². The number of thioether (sulfide) groups is 1. The van der Waals surface area contributed by atoms with Crippen molar-refractivity contribution in [3.8, 4) is 5.75 Å². The Hall–Kier alpha value is -2.14. The Morgan fingerprint density at radius 3 is 2.57 bits per heavy atom. The lowest BCUT2D eigenvalue weighted by atomic mass is 10.2. The Bertz CT molecular complexity index is 642. The molecule has 0 bridgehead atoms. The van der Waals surface area contributed by atoms with Gasteiger partial charge in [0.25, 0.3) is 0 Å². The number of methoxy groups -OCH3 is 1. The van der Waals surface area contributed by atoms with Gasteiger partial charge in [0.05, 0.1) is 12.9 Å². The van der Waals surface area contributed by atoms with Crippen molar-refractivity contribution in [3.63, 3.8) is 0 Å². The molecule has 0 radical (unpaired) electrons. The van der Waals surface area contributed by atoms with Crippen LogP contribution in [0.5, 0.6) is 5.75 Å². The van der Waals surface area contributed by atoms with Crippen LogP contribution in [0.4, 0.5) is 5.69 Å². The molecule has 0 unspecified atom stereocenters. The maximum absolute atomic E-state index is 11.9. The van der Waals surface area contributed by atoms with E-state index in [9.17, 15) is 4.79 Å². The number of anilines is 1. The summed E-state index contributed by atoms with van der Waals surface area (Å²) in [6.07, 6.45) is 0. The molecule has 5 heteroatoms. The fourth-order valence-electron chi connectivity index (χ4n) is 2.00. The van der Waals surface area contributed by atoms with E-state index in [-0.39, 0.29) is 5.91 Å². The van der Waals surface area contributed by atoms with E-state index >= 15 is 0 Å². The highest BCUT2D eigenvalue weighted by molar-refractivity contribution is 8.00. The topological polar surface area (TPSA) is 41.6 Å². The Morgan fingerprint density at radius 1 is 1.17 bits per heavy atom. The molecular weight excluding hydrogens is 308 g/mol. The van der Waals surface area contributed by atoms with E-state index in [2.05, 4.69) is 5.32 Å². The number of benzene rings is 2. The van der Waals surface area contributed by atoms with Crippen LogP contribution in [-0.2, 0) is 11.3 Å². The molecule has 2 aromatic rings. The number of nitrogens with zero attached hydrogens (tertiary/aromatic N) is 1. The second-order valence-electron chi connectivity index (χ2n) is 5.31. The van der Waals surface area contributed by atoms with Gasteiger partial charge < -0.3 is 15.0 Å². The number of rotatable bonds is 7. The maximum atomic E-state index is 11.9. The van der Waals surface area contributed by atoms with E-state index in [1.165, 1.54) is 11.8 Å². The summed E-state index contributed by atoms with van der Waals surface area (Å²) in [4.78, 5) is 15.0. The zero-order chi connectivity index (χ0) is 16.7. The second-order valence-corrected chi connectivity index (χ2v) is 6.35. The molecule has 0 atom stereocenters. The van der Waals surface area contributed by atoms with Gasteiger partial charge in [-0.25, -0.2) is 0 Å². The van der Waals surface area contributed by atoms with Crippen molar-refractivity contribution in [2.45, 2.75) is 11.4 Å². The van der Waals surface area contributed by atoms with Crippen molar-refractivity contribution in [1.29, 1.82) is 0 Å². The first kappa shape index (κ1) is 17.2. The first-order valence-corrected chi connectivity index (χ1v) is 8.37. The molecule has 2 aromatic carbocycles. The average Bonchev–Trinajstić information content (AvgIpc) is 2.58. The third-order valence-corrected chi connectivity index (χ3v) is 4.35. The van der Waals surface area contributed by atoms with Gasteiger partial charge in [0.15, 0.2) is 0 Å². The normalized spacial score (nSPS) is 10.2. The first-order valence-electron chi connectivity index (χ1n) is 7.38. The van der Waals surface area contributed by atoms with Gasteiger partial charge in [-0.1, -0.05) is 18.2 Å². The molecule has 0 aliphatic heterocycles. The van der Waals surface area contributed by atoms with Gasteiger partial charge >= 0.3 is 0 Å². The second kappa shape index (κ2) is 8.48. The molecule has 0 fully saturated rings. The number of amides is 1. The molecule has 23 heavy (non-hydrogen) atoms. The fraction of sp³-hybridized carbons (Fsp3) is 0.278. The third-order valence-electron chi connectivity index (χ3n) is 3.35. The lowest BCUT2D eigenvalue weighted by Crippen LogP contribution is -2.24. The van der Waals surface area contributed by atoms with E-state index in [4.69, 9.17) is 4.74 Å². The Morgan fingerprint density at radius 2 is 1.91 bits per heavy atom. The van der Waals surface area contributed by atoms with Crippen LogP contribution in [0.15, 0.2) is 53.4 Å². The average molecular weight is 330 g/mol. The lowest BCUT2D eigenvalue weighted by molar-refractivity contribution is -0.118. The van der Waals surface area contributed by atoms with Crippen molar-refractivity contribution in [2.24, 2.45) is 0 Å². The summed E-state index contributed by atoms with van der Waals surface area (Å²) in [5.41, 5.74) is 2.24. The summed E-state index contributed by atoms with van der Waals surface area (Å²) in [5.74, 6) is 1.22. The number of carbonyl (C=O) groups is 1. The summed E-state index contributed by atoms with van der Waals surface area (Å²) < 4.78 is 5.18. The smallest absolute Gasteiger partial charge is 0.230 e. The molecule has 2 rings (SSSR count). The first-order chi connectivity index (χ1) is 11.1.